The van der Waals surface area contributed by atoms with Crippen LogP contribution in [0.1, 0.15) is 11.3 Å². The summed E-state index contributed by atoms with van der Waals surface area (Å²) in [5, 5.41) is 9.38. The molecule has 0 bridgehead atoms. The molecule has 0 fully saturated rings. The Morgan fingerprint density at radius 1 is 0.762 bits per heavy atom. The fourth-order valence-corrected chi connectivity index (χ4v) is 2.18. The molecule has 3 aromatic rings. The zero-order chi connectivity index (χ0) is 14.8. The van der Waals surface area contributed by atoms with E-state index in [4.69, 9.17) is 0 Å². The van der Waals surface area contributed by atoms with Crippen LogP contribution >= 0.6 is 0 Å². The van der Waals surface area contributed by atoms with Crippen LogP contribution in [0.25, 0.3) is 22.6 Å². The second-order valence-corrected chi connectivity index (χ2v) is 5.13. The lowest BCUT2D eigenvalue weighted by atomic mass is 10.1. The summed E-state index contributed by atoms with van der Waals surface area (Å²) in [6, 6.07) is 17.2. The average Bonchev–Trinajstić information content (AvgIpc) is 2.48. The van der Waals surface area contributed by atoms with E-state index in [-0.39, 0.29) is 5.75 Å². The van der Waals surface area contributed by atoms with E-state index in [0.29, 0.717) is 5.82 Å². The Hall–Kier alpha value is -2.68. The first-order valence-electron chi connectivity index (χ1n) is 6.84. The standard InChI is InChI=1S/C18H16N2O/c1-12-3-5-14(6-4-12)17-11-13(2)19-18(20-17)15-7-9-16(21)10-8-15/h3-11,21H,1-2H3. The van der Waals surface area contributed by atoms with Gasteiger partial charge in [0.1, 0.15) is 5.75 Å². The molecule has 0 aliphatic carbocycles. The summed E-state index contributed by atoms with van der Waals surface area (Å²) in [5.74, 6) is 0.913. The Balaban J connectivity index is 2.07. The van der Waals surface area contributed by atoms with Crippen molar-refractivity contribution in [1.82, 2.24) is 9.97 Å². The fraction of sp³-hybridized carbons (Fsp3) is 0.111. The highest BCUT2D eigenvalue weighted by atomic mass is 16.3. The number of phenols is 1. The number of hydrogen-bond donors (Lipinski definition) is 1. The van der Waals surface area contributed by atoms with Crippen LogP contribution in [-0.2, 0) is 0 Å². The normalized spacial score (nSPS) is 10.6. The minimum atomic E-state index is 0.241. The Bertz CT molecular complexity index is 698. The third-order valence-corrected chi connectivity index (χ3v) is 3.33. The Kier molecular flexibility index (Phi) is 3.40. The monoisotopic (exact) mass is 276 g/mol. The number of aryl methyl sites for hydroxylation is 2. The maximum atomic E-state index is 9.38. The Labute approximate surface area is 124 Å². The average molecular weight is 276 g/mol. The van der Waals surface area contributed by atoms with Crippen LogP contribution in [0, 0.1) is 13.8 Å². The molecular weight excluding hydrogens is 260 g/mol. The minimum absolute atomic E-state index is 0.241. The van der Waals surface area contributed by atoms with Crippen molar-refractivity contribution in [1.29, 1.82) is 0 Å². The van der Waals surface area contributed by atoms with Crippen molar-refractivity contribution in [2.24, 2.45) is 0 Å². The van der Waals surface area contributed by atoms with Gasteiger partial charge in [0.05, 0.1) is 5.69 Å². The van der Waals surface area contributed by atoms with Crippen molar-refractivity contribution in [3.8, 4) is 28.4 Å². The smallest absolute Gasteiger partial charge is 0.160 e. The van der Waals surface area contributed by atoms with Gasteiger partial charge in [-0.05, 0) is 44.2 Å². The van der Waals surface area contributed by atoms with Crippen LogP contribution < -0.4 is 0 Å². The highest BCUT2D eigenvalue weighted by Crippen LogP contribution is 2.23. The molecule has 0 unspecified atom stereocenters. The van der Waals surface area contributed by atoms with Gasteiger partial charge in [-0.1, -0.05) is 29.8 Å². The van der Waals surface area contributed by atoms with Gasteiger partial charge in [-0.2, -0.15) is 0 Å². The van der Waals surface area contributed by atoms with Gasteiger partial charge in [0.15, 0.2) is 5.82 Å². The van der Waals surface area contributed by atoms with Gasteiger partial charge in [0.2, 0.25) is 0 Å². The summed E-state index contributed by atoms with van der Waals surface area (Å²) in [7, 11) is 0. The molecule has 0 atom stereocenters. The van der Waals surface area contributed by atoms with E-state index in [1.54, 1.807) is 12.1 Å². The molecule has 0 amide bonds. The number of hydrogen-bond acceptors (Lipinski definition) is 3. The molecule has 1 heterocycles. The molecule has 0 saturated heterocycles. The Morgan fingerprint density at radius 3 is 2.05 bits per heavy atom. The summed E-state index contributed by atoms with van der Waals surface area (Å²) in [6.45, 7) is 4.03. The lowest BCUT2D eigenvalue weighted by molar-refractivity contribution is 0.475. The highest BCUT2D eigenvalue weighted by Gasteiger charge is 2.07. The van der Waals surface area contributed by atoms with Gasteiger partial charge < -0.3 is 5.11 Å². The SMILES string of the molecule is Cc1ccc(-c2cc(C)nc(-c3ccc(O)cc3)n2)cc1. The maximum absolute atomic E-state index is 9.38. The van der Waals surface area contributed by atoms with Crippen molar-refractivity contribution in [2.75, 3.05) is 0 Å². The topological polar surface area (TPSA) is 46.0 Å². The highest BCUT2D eigenvalue weighted by molar-refractivity contribution is 5.64. The summed E-state index contributed by atoms with van der Waals surface area (Å²) in [6.07, 6.45) is 0. The molecule has 0 saturated carbocycles. The lowest BCUT2D eigenvalue weighted by Crippen LogP contribution is -1.95. The van der Waals surface area contributed by atoms with Gasteiger partial charge in [0.25, 0.3) is 0 Å². The number of rotatable bonds is 2. The largest absolute Gasteiger partial charge is 0.508 e. The number of benzene rings is 2. The van der Waals surface area contributed by atoms with E-state index in [2.05, 4.69) is 41.2 Å². The predicted octanol–water partition coefficient (Wildman–Crippen LogP) is 4.13. The van der Waals surface area contributed by atoms with Gasteiger partial charge >= 0.3 is 0 Å². The van der Waals surface area contributed by atoms with E-state index in [0.717, 1.165) is 22.5 Å². The molecule has 0 aliphatic rings. The Morgan fingerprint density at radius 2 is 1.38 bits per heavy atom. The number of aromatic hydroxyl groups is 1. The van der Waals surface area contributed by atoms with E-state index in [9.17, 15) is 5.11 Å². The van der Waals surface area contributed by atoms with Crippen molar-refractivity contribution in [2.45, 2.75) is 13.8 Å². The number of phenolic OH excluding ortho intramolecular Hbond substituents is 1. The summed E-state index contributed by atoms with van der Waals surface area (Å²) >= 11 is 0. The molecule has 3 heteroatoms. The first-order chi connectivity index (χ1) is 10.1. The minimum Gasteiger partial charge on any atom is -0.508 e. The molecular formula is C18H16N2O. The lowest BCUT2D eigenvalue weighted by Gasteiger charge is -2.07. The number of nitrogens with zero attached hydrogens (tertiary/aromatic N) is 2. The van der Waals surface area contributed by atoms with Crippen LogP contribution in [-0.4, -0.2) is 15.1 Å². The van der Waals surface area contributed by atoms with Crippen LogP contribution in [0.15, 0.2) is 54.6 Å². The summed E-state index contributed by atoms with van der Waals surface area (Å²) < 4.78 is 0. The first kappa shape index (κ1) is 13.3. The van der Waals surface area contributed by atoms with Gasteiger partial charge in [-0.3, -0.25) is 0 Å². The van der Waals surface area contributed by atoms with Crippen LogP contribution in [0.4, 0.5) is 0 Å². The molecule has 3 rings (SSSR count). The van der Waals surface area contributed by atoms with Crippen molar-refractivity contribution in [3.05, 3.63) is 65.9 Å². The van der Waals surface area contributed by atoms with E-state index in [1.165, 1.54) is 5.56 Å². The number of aromatic nitrogens is 2. The molecule has 3 nitrogen and oxygen atoms in total. The van der Waals surface area contributed by atoms with Gasteiger partial charge in [0, 0.05) is 16.8 Å². The van der Waals surface area contributed by atoms with Gasteiger partial charge in [-0.25, -0.2) is 9.97 Å². The van der Waals surface area contributed by atoms with E-state index < -0.39 is 0 Å². The molecule has 104 valence electrons. The zero-order valence-corrected chi connectivity index (χ0v) is 12.0. The second kappa shape index (κ2) is 5.37. The fourth-order valence-electron chi connectivity index (χ4n) is 2.18. The van der Waals surface area contributed by atoms with Gasteiger partial charge in [-0.15, -0.1) is 0 Å². The second-order valence-electron chi connectivity index (χ2n) is 5.13. The maximum Gasteiger partial charge on any atom is 0.160 e. The molecule has 1 aromatic heterocycles. The van der Waals surface area contributed by atoms with Crippen molar-refractivity contribution < 1.29 is 5.11 Å². The third kappa shape index (κ3) is 2.92. The predicted molar refractivity (Wildman–Crippen MR) is 84.0 cm³/mol. The molecule has 0 spiro atoms. The first-order valence-corrected chi connectivity index (χ1v) is 6.84. The van der Waals surface area contributed by atoms with E-state index >= 15 is 0 Å². The van der Waals surface area contributed by atoms with Crippen molar-refractivity contribution >= 4 is 0 Å². The zero-order valence-electron chi connectivity index (χ0n) is 12.0. The van der Waals surface area contributed by atoms with E-state index in [1.807, 2.05) is 25.1 Å². The molecule has 2 aromatic carbocycles. The van der Waals surface area contributed by atoms with Crippen LogP contribution in [0.5, 0.6) is 5.75 Å². The third-order valence-electron chi connectivity index (χ3n) is 3.33. The van der Waals surface area contributed by atoms with Crippen LogP contribution in [0.3, 0.4) is 0 Å². The summed E-state index contributed by atoms with van der Waals surface area (Å²) in [5.41, 5.74) is 5.02. The van der Waals surface area contributed by atoms with Crippen molar-refractivity contribution in [3.63, 3.8) is 0 Å². The molecule has 0 radical (unpaired) electrons. The molecule has 1 N–H and O–H groups in total. The summed E-state index contributed by atoms with van der Waals surface area (Å²) in [4.78, 5) is 9.12. The quantitative estimate of drug-likeness (QED) is 0.765. The molecule has 21 heavy (non-hydrogen) atoms. The molecule has 0 aliphatic heterocycles. The van der Waals surface area contributed by atoms with Crippen LogP contribution in [0.2, 0.25) is 0 Å².